The molecule has 3 unspecified atom stereocenters. The number of nitrogens with zero attached hydrogens (tertiary/aromatic N) is 1. The van der Waals surface area contributed by atoms with Crippen molar-refractivity contribution in [1.29, 1.82) is 0 Å². The minimum Gasteiger partial charge on any atom is -0.493 e. The average Bonchev–Trinajstić information content (AvgIpc) is 3.42. The second kappa shape index (κ2) is 13.9. The second-order valence-corrected chi connectivity index (χ2v) is 11.6. The monoisotopic (exact) mass is 533 g/mol. The molecule has 214 valence electrons. The van der Waals surface area contributed by atoms with Gasteiger partial charge in [-0.2, -0.15) is 0 Å². The van der Waals surface area contributed by atoms with Crippen LogP contribution >= 0.6 is 0 Å². The predicted octanol–water partition coefficient (Wildman–Crippen LogP) is 4.55. The molecule has 0 aromatic heterocycles. The number of methoxy groups -OCH3 is 1. The van der Waals surface area contributed by atoms with Crippen LogP contribution in [0.1, 0.15) is 75.3 Å². The average molecular weight is 534 g/mol. The van der Waals surface area contributed by atoms with Crippen molar-refractivity contribution in [2.24, 2.45) is 11.8 Å². The maximum Gasteiger partial charge on any atom is 0.317 e. The van der Waals surface area contributed by atoms with Crippen LogP contribution in [0.25, 0.3) is 0 Å². The van der Waals surface area contributed by atoms with Crippen molar-refractivity contribution in [1.82, 2.24) is 15.5 Å². The molecule has 1 aliphatic carbocycles. The summed E-state index contributed by atoms with van der Waals surface area (Å²) in [5, 5.41) is 18.8. The molecule has 3 atom stereocenters. The van der Waals surface area contributed by atoms with Gasteiger partial charge in [0.15, 0.2) is 0 Å². The Balaban J connectivity index is 1.45. The number of urea groups is 1. The normalized spacial score (nSPS) is 25.8. The largest absolute Gasteiger partial charge is 0.493 e. The van der Waals surface area contributed by atoms with Crippen molar-refractivity contribution in [2.75, 3.05) is 47.0 Å². The van der Waals surface area contributed by atoms with Crippen molar-refractivity contribution in [3.8, 4) is 5.75 Å². The molecule has 4 rings (SSSR count). The highest BCUT2D eigenvalue weighted by Crippen LogP contribution is 2.45. The number of carbonyl (C=O) groups is 1. The van der Waals surface area contributed by atoms with E-state index < -0.39 is 11.8 Å². The number of benzene rings is 1. The number of alkyl halides is 1. The fraction of sp³-hybridized carbons (Fsp3) is 0.767. The van der Waals surface area contributed by atoms with E-state index >= 15 is 0 Å². The van der Waals surface area contributed by atoms with Gasteiger partial charge in [0.25, 0.3) is 0 Å². The standard InChI is InChI=1S/C30H48FN3O4/c1-32-20-26(19-22-10-12-25(31)13-11-22)33-29(35)34-16-6-8-24(21-34)30(36,15-3-4-17-37-2)27-9-5-7-23-14-18-38-28(23)27/h5,7,9,22,24-26,32,36H,3-4,6,8,10-21H2,1-2H3,(H,33,35). The highest BCUT2D eigenvalue weighted by molar-refractivity contribution is 5.74. The molecule has 38 heavy (non-hydrogen) atoms. The molecule has 1 saturated carbocycles. The molecule has 2 aliphatic heterocycles. The van der Waals surface area contributed by atoms with Gasteiger partial charge in [-0.3, -0.25) is 0 Å². The first-order chi connectivity index (χ1) is 18.4. The Morgan fingerprint density at radius 1 is 1.26 bits per heavy atom. The number of piperidine rings is 1. The molecule has 8 heteroatoms. The van der Waals surface area contributed by atoms with Gasteiger partial charge in [0, 0.05) is 57.3 Å². The van der Waals surface area contributed by atoms with Crippen LogP contribution in [0.15, 0.2) is 18.2 Å². The van der Waals surface area contributed by atoms with Gasteiger partial charge in [0.1, 0.15) is 11.9 Å². The van der Waals surface area contributed by atoms with Gasteiger partial charge >= 0.3 is 6.03 Å². The first-order valence-electron chi connectivity index (χ1n) is 14.7. The lowest BCUT2D eigenvalue weighted by molar-refractivity contribution is -0.0577. The highest BCUT2D eigenvalue weighted by atomic mass is 19.1. The SMILES string of the molecule is CNCC(CC1CCC(F)CC1)NC(=O)N1CCCC(C(O)(CCCCOC)c2cccc3c2OCC3)C1. The van der Waals surface area contributed by atoms with E-state index in [1.165, 1.54) is 0 Å². The van der Waals surface area contributed by atoms with Gasteiger partial charge < -0.3 is 30.1 Å². The fourth-order valence-electron chi connectivity index (χ4n) is 6.77. The number of hydrogen-bond acceptors (Lipinski definition) is 5. The first kappa shape index (κ1) is 29.1. The number of nitrogens with one attached hydrogen (secondary N) is 2. The van der Waals surface area contributed by atoms with E-state index in [0.29, 0.717) is 58.0 Å². The Morgan fingerprint density at radius 3 is 2.84 bits per heavy atom. The molecule has 7 nitrogen and oxygen atoms in total. The van der Waals surface area contributed by atoms with E-state index in [1.807, 2.05) is 24.1 Å². The summed E-state index contributed by atoms with van der Waals surface area (Å²) in [6.45, 7) is 3.19. The molecular formula is C30H48FN3O4. The Morgan fingerprint density at radius 2 is 2.08 bits per heavy atom. The minimum atomic E-state index is -1.07. The van der Waals surface area contributed by atoms with E-state index in [4.69, 9.17) is 9.47 Å². The van der Waals surface area contributed by atoms with Crippen LogP contribution in [0, 0.1) is 11.8 Å². The number of unbranched alkanes of at least 4 members (excludes halogenated alkanes) is 1. The van der Waals surface area contributed by atoms with Crippen molar-refractivity contribution < 1.29 is 23.8 Å². The summed E-state index contributed by atoms with van der Waals surface area (Å²) >= 11 is 0. The third kappa shape index (κ3) is 7.19. The Kier molecular flexibility index (Phi) is 10.7. The molecule has 3 N–H and O–H groups in total. The van der Waals surface area contributed by atoms with Gasteiger partial charge in [0.05, 0.1) is 12.2 Å². The molecule has 1 aromatic carbocycles. The summed E-state index contributed by atoms with van der Waals surface area (Å²) in [7, 11) is 3.60. The smallest absolute Gasteiger partial charge is 0.317 e. The number of para-hydroxylation sites is 1. The lowest BCUT2D eigenvalue weighted by Crippen LogP contribution is -2.54. The number of carbonyl (C=O) groups excluding carboxylic acids is 1. The molecule has 1 aromatic rings. The zero-order valence-electron chi connectivity index (χ0n) is 23.4. The minimum absolute atomic E-state index is 0.00718. The van der Waals surface area contributed by atoms with Gasteiger partial charge in [0.2, 0.25) is 0 Å². The lowest BCUT2D eigenvalue weighted by atomic mass is 9.73. The highest BCUT2D eigenvalue weighted by Gasteiger charge is 2.44. The van der Waals surface area contributed by atoms with E-state index in [1.54, 1.807) is 7.11 Å². The van der Waals surface area contributed by atoms with Crippen molar-refractivity contribution in [3.05, 3.63) is 29.3 Å². The molecule has 2 heterocycles. The van der Waals surface area contributed by atoms with Crippen LogP contribution in [0.2, 0.25) is 0 Å². The topological polar surface area (TPSA) is 83.1 Å². The summed E-state index contributed by atoms with van der Waals surface area (Å²) < 4.78 is 24.9. The Hall–Kier alpha value is -1.90. The maximum atomic E-state index is 13.6. The van der Waals surface area contributed by atoms with Crippen LogP contribution in [0.3, 0.4) is 0 Å². The number of halogens is 1. The fourth-order valence-corrected chi connectivity index (χ4v) is 6.77. The number of ether oxygens (including phenoxy) is 2. The van der Waals surface area contributed by atoms with Crippen molar-refractivity contribution >= 4 is 6.03 Å². The Bertz CT molecular complexity index is 894. The molecule has 2 fully saturated rings. The zero-order chi connectivity index (χ0) is 27.0. The Labute approximate surface area is 227 Å². The van der Waals surface area contributed by atoms with Crippen LogP contribution < -0.4 is 15.4 Å². The molecule has 0 spiro atoms. The summed E-state index contributed by atoms with van der Waals surface area (Å²) in [5.74, 6) is 1.20. The maximum absolute atomic E-state index is 13.6. The number of fused-ring (bicyclic) bond motifs is 1. The van der Waals surface area contributed by atoms with Gasteiger partial charge in [-0.1, -0.05) is 18.2 Å². The zero-order valence-corrected chi connectivity index (χ0v) is 23.4. The van der Waals surface area contributed by atoms with E-state index in [0.717, 1.165) is 68.2 Å². The lowest BCUT2D eigenvalue weighted by Gasteiger charge is -2.43. The molecule has 0 bridgehead atoms. The van der Waals surface area contributed by atoms with Crippen LogP contribution in [0.5, 0.6) is 5.75 Å². The van der Waals surface area contributed by atoms with Crippen LogP contribution in [-0.4, -0.2) is 75.3 Å². The van der Waals surface area contributed by atoms with E-state index in [9.17, 15) is 14.3 Å². The van der Waals surface area contributed by atoms with Crippen LogP contribution in [0.4, 0.5) is 9.18 Å². The van der Waals surface area contributed by atoms with Gasteiger partial charge in [-0.25, -0.2) is 9.18 Å². The summed E-state index contributed by atoms with van der Waals surface area (Å²) in [5.41, 5.74) is 0.950. The van der Waals surface area contributed by atoms with Crippen molar-refractivity contribution in [2.45, 2.75) is 88.4 Å². The molecule has 0 radical (unpaired) electrons. The summed E-state index contributed by atoms with van der Waals surface area (Å²) in [4.78, 5) is 15.4. The van der Waals surface area contributed by atoms with Crippen molar-refractivity contribution in [3.63, 3.8) is 0 Å². The number of likely N-dealkylation sites (tertiary alicyclic amines) is 1. The molecule has 1 saturated heterocycles. The first-order valence-corrected chi connectivity index (χ1v) is 14.7. The molecule has 2 amide bonds. The van der Waals surface area contributed by atoms with Gasteiger partial charge in [-0.05, 0) is 82.7 Å². The number of hydrogen-bond donors (Lipinski definition) is 3. The second-order valence-electron chi connectivity index (χ2n) is 11.6. The quantitative estimate of drug-likeness (QED) is 0.343. The summed E-state index contributed by atoms with van der Waals surface area (Å²) in [6, 6.07) is 6.06. The predicted molar refractivity (Wildman–Crippen MR) is 147 cm³/mol. The van der Waals surface area contributed by atoms with Crippen LogP contribution in [-0.2, 0) is 16.8 Å². The van der Waals surface area contributed by atoms with E-state index in [2.05, 4.69) is 16.7 Å². The number of aliphatic hydroxyl groups is 1. The molecular weight excluding hydrogens is 485 g/mol. The third-order valence-corrected chi connectivity index (χ3v) is 8.89. The number of amides is 2. The van der Waals surface area contributed by atoms with Gasteiger partial charge in [-0.15, -0.1) is 0 Å². The molecule has 3 aliphatic rings. The third-order valence-electron chi connectivity index (χ3n) is 8.89. The number of likely N-dealkylation sites (N-methyl/N-ethyl adjacent to an activating group) is 1. The van der Waals surface area contributed by atoms with E-state index in [-0.39, 0.29) is 18.0 Å². The summed E-state index contributed by atoms with van der Waals surface area (Å²) in [6.07, 6.45) is 8.15. The number of rotatable bonds is 12.